The Kier molecular flexibility index (Phi) is 7.27. The molecule has 0 aromatic carbocycles. The number of aromatic nitrogens is 2. The van der Waals surface area contributed by atoms with Crippen LogP contribution in [0.5, 0.6) is 0 Å². The van der Waals surface area contributed by atoms with Crippen molar-refractivity contribution < 1.29 is 4.39 Å². The van der Waals surface area contributed by atoms with Gasteiger partial charge in [-0.1, -0.05) is 49.2 Å². The first kappa shape index (κ1) is 21.0. The van der Waals surface area contributed by atoms with E-state index in [0.717, 1.165) is 34.5 Å². The smallest absolute Gasteiger partial charge is 0.146 e. The molecule has 1 atom stereocenters. The van der Waals surface area contributed by atoms with E-state index in [-0.39, 0.29) is 5.82 Å². The summed E-state index contributed by atoms with van der Waals surface area (Å²) < 4.78 is 14.8. The number of fused-ring (bicyclic) bond motifs is 1. The van der Waals surface area contributed by atoms with E-state index in [0.29, 0.717) is 33.7 Å². The molecular weight excluding hydrogens is 416 g/mol. The van der Waals surface area contributed by atoms with Crippen molar-refractivity contribution in [1.29, 1.82) is 0 Å². The van der Waals surface area contributed by atoms with Gasteiger partial charge in [-0.05, 0) is 31.2 Å². The second kappa shape index (κ2) is 9.68. The van der Waals surface area contributed by atoms with Gasteiger partial charge < -0.3 is 5.32 Å². The Morgan fingerprint density at radius 1 is 1.29 bits per heavy atom. The minimum Gasteiger partial charge on any atom is -0.380 e. The van der Waals surface area contributed by atoms with Crippen LogP contribution in [0.15, 0.2) is 36.7 Å². The molecule has 1 aliphatic carbocycles. The van der Waals surface area contributed by atoms with Crippen molar-refractivity contribution in [3.8, 4) is 0 Å². The summed E-state index contributed by atoms with van der Waals surface area (Å²) in [6.45, 7) is 4.33. The van der Waals surface area contributed by atoms with Crippen molar-refractivity contribution in [2.24, 2.45) is 0 Å². The van der Waals surface area contributed by atoms with Crippen LogP contribution in [0, 0.1) is 5.82 Å². The number of hydrogen-bond donors (Lipinski definition) is 1. The van der Waals surface area contributed by atoms with Gasteiger partial charge in [0.1, 0.15) is 16.5 Å². The second-order valence-corrected chi connectivity index (χ2v) is 8.07. The minimum atomic E-state index is -0.338. The lowest BCUT2D eigenvalue weighted by atomic mass is 9.93. The number of nitrogens with zero attached hydrogens (tertiary/aromatic N) is 2. The van der Waals surface area contributed by atoms with Crippen LogP contribution in [0.3, 0.4) is 0 Å². The molecular formula is C21H22Cl2FN3S. The molecule has 7 heteroatoms. The number of thiophene rings is 1. The second-order valence-electron chi connectivity index (χ2n) is 6.25. The third kappa shape index (κ3) is 4.48. The van der Waals surface area contributed by atoms with Crippen molar-refractivity contribution in [2.75, 3.05) is 5.32 Å². The van der Waals surface area contributed by atoms with Gasteiger partial charge in [0, 0.05) is 29.2 Å². The van der Waals surface area contributed by atoms with E-state index in [1.54, 1.807) is 29.7 Å². The van der Waals surface area contributed by atoms with E-state index in [2.05, 4.69) is 27.4 Å². The van der Waals surface area contributed by atoms with Crippen LogP contribution in [0.2, 0.25) is 10.2 Å². The highest BCUT2D eigenvalue weighted by molar-refractivity contribution is 7.20. The summed E-state index contributed by atoms with van der Waals surface area (Å²) >= 11 is 14.5. The van der Waals surface area contributed by atoms with Gasteiger partial charge in [-0.2, -0.15) is 0 Å². The molecule has 3 aromatic heterocycles. The maximum atomic E-state index is 13.8. The predicted molar refractivity (Wildman–Crippen MR) is 118 cm³/mol. The van der Waals surface area contributed by atoms with Gasteiger partial charge in [0.15, 0.2) is 0 Å². The van der Waals surface area contributed by atoms with Crippen LogP contribution in [0.1, 0.15) is 49.5 Å². The van der Waals surface area contributed by atoms with Crippen molar-refractivity contribution in [1.82, 2.24) is 9.97 Å². The highest BCUT2D eigenvalue weighted by atomic mass is 35.5. The summed E-state index contributed by atoms with van der Waals surface area (Å²) in [5, 5.41) is 4.33. The van der Waals surface area contributed by atoms with Crippen LogP contribution in [0.25, 0.3) is 10.2 Å². The maximum Gasteiger partial charge on any atom is 0.146 e. The number of halogens is 3. The van der Waals surface area contributed by atoms with E-state index in [1.165, 1.54) is 6.20 Å². The van der Waals surface area contributed by atoms with Crippen molar-refractivity contribution >= 4 is 50.4 Å². The summed E-state index contributed by atoms with van der Waals surface area (Å²) in [5.41, 5.74) is 2.08. The Labute approximate surface area is 178 Å². The van der Waals surface area contributed by atoms with Crippen LogP contribution in [-0.4, -0.2) is 9.97 Å². The molecule has 28 heavy (non-hydrogen) atoms. The lowest BCUT2D eigenvalue weighted by molar-refractivity contribution is 0.606. The van der Waals surface area contributed by atoms with Crippen LogP contribution in [-0.2, 0) is 6.54 Å². The largest absolute Gasteiger partial charge is 0.380 e. The summed E-state index contributed by atoms with van der Waals surface area (Å²) in [5.74, 6) is 0.0752. The normalized spacial score (nSPS) is 16.0. The Morgan fingerprint density at radius 2 is 2.11 bits per heavy atom. The first-order valence-electron chi connectivity index (χ1n) is 9.39. The highest BCUT2D eigenvalue weighted by Crippen LogP contribution is 2.45. The molecule has 0 saturated heterocycles. The molecule has 0 fully saturated rings. The fraction of sp³-hybridized carbons (Fsp3) is 0.333. The zero-order valence-corrected chi connectivity index (χ0v) is 18.1. The monoisotopic (exact) mass is 437 g/mol. The Bertz CT molecular complexity index is 987. The average molecular weight is 438 g/mol. The Balaban J connectivity index is 0.00000109. The SMILES string of the molecule is CC.Fc1cnccc1CNc1cc(Cl)nc2c(Cl)c(C3CC=CCC3)sc12. The topological polar surface area (TPSA) is 37.8 Å². The van der Waals surface area contributed by atoms with Gasteiger partial charge >= 0.3 is 0 Å². The van der Waals surface area contributed by atoms with Crippen LogP contribution < -0.4 is 5.32 Å². The summed E-state index contributed by atoms with van der Waals surface area (Å²) in [4.78, 5) is 9.35. The molecule has 4 rings (SSSR count). The lowest BCUT2D eigenvalue weighted by Gasteiger charge is -2.16. The summed E-state index contributed by atoms with van der Waals surface area (Å²) in [6.07, 6.45) is 10.3. The molecule has 0 bridgehead atoms. The molecule has 0 radical (unpaired) electrons. The summed E-state index contributed by atoms with van der Waals surface area (Å²) in [6, 6.07) is 3.42. The maximum absolute atomic E-state index is 13.8. The van der Waals surface area contributed by atoms with Crippen LogP contribution in [0.4, 0.5) is 10.1 Å². The van der Waals surface area contributed by atoms with E-state index in [1.807, 2.05) is 13.8 Å². The van der Waals surface area contributed by atoms with Gasteiger partial charge in [0.05, 0.1) is 21.6 Å². The van der Waals surface area contributed by atoms with Gasteiger partial charge in [-0.15, -0.1) is 11.3 Å². The number of rotatable bonds is 4. The highest BCUT2D eigenvalue weighted by Gasteiger charge is 2.22. The average Bonchev–Trinajstić information content (AvgIpc) is 3.06. The Morgan fingerprint density at radius 3 is 2.82 bits per heavy atom. The zero-order valence-electron chi connectivity index (χ0n) is 15.8. The lowest BCUT2D eigenvalue weighted by Crippen LogP contribution is -2.02. The fourth-order valence-electron chi connectivity index (χ4n) is 3.19. The first-order chi connectivity index (χ1) is 13.6. The number of allylic oxidation sites excluding steroid dienone is 2. The van der Waals surface area contributed by atoms with Gasteiger partial charge in [-0.25, -0.2) is 9.37 Å². The van der Waals surface area contributed by atoms with Crippen molar-refractivity contribution in [2.45, 2.75) is 45.6 Å². The zero-order chi connectivity index (χ0) is 20.1. The van der Waals surface area contributed by atoms with E-state index in [4.69, 9.17) is 23.2 Å². The van der Waals surface area contributed by atoms with Gasteiger partial charge in [0.2, 0.25) is 0 Å². The Hall–Kier alpha value is -1.69. The fourth-order valence-corrected chi connectivity index (χ4v) is 5.12. The van der Waals surface area contributed by atoms with E-state index in [9.17, 15) is 4.39 Å². The number of anilines is 1. The summed E-state index contributed by atoms with van der Waals surface area (Å²) in [7, 11) is 0. The molecule has 0 amide bonds. The molecule has 3 heterocycles. The number of hydrogen-bond acceptors (Lipinski definition) is 4. The van der Waals surface area contributed by atoms with Gasteiger partial charge in [0.25, 0.3) is 0 Å². The molecule has 3 aromatic rings. The van der Waals surface area contributed by atoms with Crippen molar-refractivity contribution in [3.63, 3.8) is 0 Å². The molecule has 0 aliphatic heterocycles. The third-order valence-electron chi connectivity index (χ3n) is 4.54. The van der Waals surface area contributed by atoms with Crippen molar-refractivity contribution in [3.05, 3.63) is 63.1 Å². The van der Waals surface area contributed by atoms with Gasteiger partial charge in [-0.3, -0.25) is 4.98 Å². The number of nitrogens with one attached hydrogen (secondary N) is 1. The van der Waals surface area contributed by atoms with E-state index < -0.39 is 0 Å². The quantitative estimate of drug-likeness (QED) is 0.337. The molecule has 1 aliphatic rings. The molecule has 0 spiro atoms. The molecule has 1 N–H and O–H groups in total. The molecule has 148 valence electrons. The molecule has 0 saturated carbocycles. The third-order valence-corrected chi connectivity index (χ3v) is 6.61. The predicted octanol–water partition coefficient (Wildman–Crippen LogP) is 7.60. The standard InChI is InChI=1S/C19H16Cl2FN3S.C2H6/c20-15-8-14(24-9-12-6-7-23-10-13(12)22)19-17(25-15)16(21)18(26-19)11-4-2-1-3-5-11;1-2/h1-2,6-8,10-11H,3-5,9H2,(H,24,25);1-2H3. The number of pyridine rings is 2. The van der Waals surface area contributed by atoms with E-state index >= 15 is 0 Å². The first-order valence-corrected chi connectivity index (χ1v) is 11.0. The molecule has 1 unspecified atom stereocenters. The van der Waals surface area contributed by atoms with Crippen LogP contribution >= 0.6 is 34.5 Å². The molecule has 3 nitrogen and oxygen atoms in total. The minimum absolute atomic E-state index is 0.334.